The Morgan fingerprint density at radius 1 is 1.03 bits per heavy atom. The van der Waals surface area contributed by atoms with Crippen LogP contribution in [0.2, 0.25) is 0 Å². The molecule has 2 aromatic carbocycles. The molecule has 1 aliphatic carbocycles. The van der Waals surface area contributed by atoms with Gasteiger partial charge in [-0.3, -0.25) is 4.90 Å². The SMILES string of the molecule is COC(=O)c1cccc(CN(Cc2cccn2Cc2cccc(C)c2)C2CC2)c1. The van der Waals surface area contributed by atoms with Crippen LogP contribution in [0.5, 0.6) is 0 Å². The van der Waals surface area contributed by atoms with Crippen molar-refractivity contribution in [1.29, 1.82) is 0 Å². The van der Waals surface area contributed by atoms with Gasteiger partial charge in [0, 0.05) is 37.6 Å². The summed E-state index contributed by atoms with van der Waals surface area (Å²) in [7, 11) is 1.42. The number of aryl methyl sites for hydroxylation is 1. The number of nitrogens with zero attached hydrogens (tertiary/aromatic N) is 2. The van der Waals surface area contributed by atoms with Crippen molar-refractivity contribution in [3.63, 3.8) is 0 Å². The third kappa shape index (κ3) is 4.96. The average molecular weight is 389 g/mol. The lowest BCUT2D eigenvalue weighted by Gasteiger charge is -2.23. The second-order valence-corrected chi connectivity index (χ2v) is 7.94. The number of carbonyl (C=O) groups is 1. The van der Waals surface area contributed by atoms with Gasteiger partial charge in [0.1, 0.15) is 0 Å². The number of carbonyl (C=O) groups excluding carboxylic acids is 1. The Kier molecular flexibility index (Phi) is 5.81. The van der Waals surface area contributed by atoms with Crippen LogP contribution in [-0.4, -0.2) is 28.6 Å². The Morgan fingerprint density at radius 3 is 2.59 bits per heavy atom. The van der Waals surface area contributed by atoms with Gasteiger partial charge >= 0.3 is 5.97 Å². The summed E-state index contributed by atoms with van der Waals surface area (Å²) in [6, 6.07) is 21.5. The van der Waals surface area contributed by atoms with Crippen LogP contribution < -0.4 is 0 Å². The average Bonchev–Trinajstić information content (AvgIpc) is 3.49. The first-order valence-corrected chi connectivity index (χ1v) is 10.2. The summed E-state index contributed by atoms with van der Waals surface area (Å²) in [4.78, 5) is 14.4. The number of rotatable bonds is 8. The third-order valence-electron chi connectivity index (χ3n) is 5.52. The first-order valence-electron chi connectivity index (χ1n) is 10.2. The first kappa shape index (κ1) is 19.5. The highest BCUT2D eigenvalue weighted by Gasteiger charge is 2.29. The number of methoxy groups -OCH3 is 1. The van der Waals surface area contributed by atoms with Gasteiger partial charge in [-0.15, -0.1) is 0 Å². The molecule has 4 nitrogen and oxygen atoms in total. The van der Waals surface area contributed by atoms with Gasteiger partial charge in [0.15, 0.2) is 0 Å². The van der Waals surface area contributed by atoms with E-state index in [1.165, 1.54) is 36.8 Å². The summed E-state index contributed by atoms with van der Waals surface area (Å²) < 4.78 is 7.21. The van der Waals surface area contributed by atoms with Crippen molar-refractivity contribution >= 4 is 5.97 Å². The van der Waals surface area contributed by atoms with Gasteiger partial charge < -0.3 is 9.30 Å². The number of esters is 1. The van der Waals surface area contributed by atoms with Crippen LogP contribution in [0.1, 0.15) is 45.6 Å². The van der Waals surface area contributed by atoms with Gasteiger partial charge in [-0.25, -0.2) is 4.79 Å². The Bertz CT molecular complexity index is 988. The molecule has 4 rings (SSSR count). The smallest absolute Gasteiger partial charge is 0.337 e. The second kappa shape index (κ2) is 8.66. The van der Waals surface area contributed by atoms with Gasteiger partial charge in [-0.1, -0.05) is 42.0 Å². The van der Waals surface area contributed by atoms with E-state index in [-0.39, 0.29) is 5.97 Å². The van der Waals surface area contributed by atoms with E-state index < -0.39 is 0 Å². The lowest BCUT2D eigenvalue weighted by Crippen LogP contribution is -2.26. The zero-order valence-electron chi connectivity index (χ0n) is 17.2. The zero-order valence-corrected chi connectivity index (χ0v) is 17.2. The zero-order chi connectivity index (χ0) is 20.2. The molecule has 1 heterocycles. The molecule has 0 saturated heterocycles. The molecule has 4 heteroatoms. The van der Waals surface area contributed by atoms with Crippen LogP contribution in [0.4, 0.5) is 0 Å². The number of benzene rings is 2. The van der Waals surface area contributed by atoms with Crippen molar-refractivity contribution in [3.8, 4) is 0 Å². The quantitative estimate of drug-likeness (QED) is 0.520. The standard InChI is InChI=1S/C25H28N2O2/c1-19-6-3-7-20(14-19)16-26-13-5-10-24(26)18-27(23-11-12-23)17-21-8-4-9-22(15-21)25(28)29-2/h3-10,13-15,23H,11-12,16-18H2,1-2H3. The predicted molar refractivity (Wildman–Crippen MR) is 115 cm³/mol. The lowest BCUT2D eigenvalue weighted by atomic mass is 10.1. The maximum Gasteiger partial charge on any atom is 0.337 e. The monoisotopic (exact) mass is 388 g/mol. The Hall–Kier alpha value is -2.85. The molecule has 0 amide bonds. The fraction of sp³-hybridized carbons (Fsp3) is 0.320. The molecule has 1 fully saturated rings. The van der Waals surface area contributed by atoms with Gasteiger partial charge in [-0.05, 0) is 55.2 Å². The summed E-state index contributed by atoms with van der Waals surface area (Å²) >= 11 is 0. The summed E-state index contributed by atoms with van der Waals surface area (Å²) in [5, 5.41) is 0. The molecule has 0 bridgehead atoms. The van der Waals surface area contributed by atoms with Crippen LogP contribution in [0.25, 0.3) is 0 Å². The number of hydrogen-bond acceptors (Lipinski definition) is 3. The van der Waals surface area contributed by atoms with Gasteiger partial charge in [-0.2, -0.15) is 0 Å². The van der Waals surface area contributed by atoms with Crippen molar-refractivity contribution in [2.75, 3.05) is 7.11 Å². The number of ether oxygens (including phenoxy) is 1. The van der Waals surface area contributed by atoms with E-state index >= 15 is 0 Å². The maximum absolute atomic E-state index is 11.9. The van der Waals surface area contributed by atoms with Crippen molar-refractivity contribution in [3.05, 3.63) is 94.8 Å². The van der Waals surface area contributed by atoms with Crippen LogP contribution in [-0.2, 0) is 24.4 Å². The Balaban J connectivity index is 1.49. The van der Waals surface area contributed by atoms with E-state index in [9.17, 15) is 4.79 Å². The van der Waals surface area contributed by atoms with E-state index in [4.69, 9.17) is 4.74 Å². The molecule has 1 saturated carbocycles. The Labute approximate surface area is 172 Å². The molecule has 0 spiro atoms. The van der Waals surface area contributed by atoms with Crippen molar-refractivity contribution in [2.24, 2.45) is 0 Å². The van der Waals surface area contributed by atoms with E-state index in [1.807, 2.05) is 18.2 Å². The van der Waals surface area contributed by atoms with Gasteiger partial charge in [0.2, 0.25) is 0 Å². The maximum atomic E-state index is 11.9. The minimum atomic E-state index is -0.281. The van der Waals surface area contributed by atoms with E-state index in [0.717, 1.165) is 25.2 Å². The molecule has 0 unspecified atom stereocenters. The summed E-state index contributed by atoms with van der Waals surface area (Å²) in [5.41, 5.74) is 5.70. The first-order chi connectivity index (χ1) is 14.1. The molecule has 1 aromatic heterocycles. The fourth-order valence-corrected chi connectivity index (χ4v) is 3.87. The molecule has 0 atom stereocenters. The van der Waals surface area contributed by atoms with Crippen molar-refractivity contribution in [1.82, 2.24) is 9.47 Å². The van der Waals surface area contributed by atoms with Crippen molar-refractivity contribution < 1.29 is 9.53 Å². The molecule has 1 aliphatic rings. The van der Waals surface area contributed by atoms with E-state index in [0.29, 0.717) is 11.6 Å². The minimum Gasteiger partial charge on any atom is -0.465 e. The second-order valence-electron chi connectivity index (χ2n) is 7.94. The number of aromatic nitrogens is 1. The molecular formula is C25H28N2O2. The highest BCUT2D eigenvalue weighted by molar-refractivity contribution is 5.89. The summed E-state index contributed by atoms with van der Waals surface area (Å²) in [5.74, 6) is -0.281. The fourth-order valence-electron chi connectivity index (χ4n) is 3.87. The van der Waals surface area contributed by atoms with E-state index in [2.05, 4.69) is 65.1 Å². The topological polar surface area (TPSA) is 34.5 Å². The van der Waals surface area contributed by atoms with E-state index in [1.54, 1.807) is 0 Å². The molecule has 3 aromatic rings. The van der Waals surface area contributed by atoms with Crippen molar-refractivity contribution in [2.45, 2.75) is 45.4 Å². The number of hydrogen-bond donors (Lipinski definition) is 0. The molecular weight excluding hydrogens is 360 g/mol. The predicted octanol–water partition coefficient (Wildman–Crippen LogP) is 4.80. The Morgan fingerprint density at radius 2 is 1.83 bits per heavy atom. The highest BCUT2D eigenvalue weighted by Crippen LogP contribution is 2.30. The summed E-state index contributed by atoms with van der Waals surface area (Å²) in [6.07, 6.45) is 4.66. The van der Waals surface area contributed by atoms with Crippen LogP contribution in [0.3, 0.4) is 0 Å². The normalized spacial score (nSPS) is 13.6. The van der Waals surface area contributed by atoms with Crippen LogP contribution in [0.15, 0.2) is 66.9 Å². The lowest BCUT2D eigenvalue weighted by molar-refractivity contribution is 0.0600. The molecule has 0 aliphatic heterocycles. The molecule has 0 N–H and O–H groups in total. The summed E-state index contributed by atoms with van der Waals surface area (Å²) in [6.45, 7) is 4.77. The van der Waals surface area contributed by atoms with Crippen LogP contribution in [0, 0.1) is 6.92 Å². The third-order valence-corrected chi connectivity index (χ3v) is 5.52. The minimum absolute atomic E-state index is 0.281. The molecule has 29 heavy (non-hydrogen) atoms. The highest BCUT2D eigenvalue weighted by atomic mass is 16.5. The molecule has 0 radical (unpaired) electrons. The van der Waals surface area contributed by atoms with Gasteiger partial charge in [0.25, 0.3) is 0 Å². The van der Waals surface area contributed by atoms with Gasteiger partial charge in [0.05, 0.1) is 12.7 Å². The molecule has 150 valence electrons. The van der Waals surface area contributed by atoms with Crippen LogP contribution >= 0.6 is 0 Å². The largest absolute Gasteiger partial charge is 0.465 e.